The number of nitrogens with one attached hydrogen (secondary N) is 2. The lowest BCUT2D eigenvalue weighted by Crippen LogP contribution is -2.52. The van der Waals surface area contributed by atoms with Gasteiger partial charge in [0.2, 0.25) is 11.0 Å². The Balaban J connectivity index is 2.00. The zero-order chi connectivity index (χ0) is 13.7. The first-order chi connectivity index (χ1) is 9.24. The molecular weight excluding hydrogens is 266 g/mol. The molecule has 1 aliphatic rings. The van der Waals surface area contributed by atoms with Crippen LogP contribution in [0.2, 0.25) is 0 Å². The third kappa shape index (κ3) is 3.62. The van der Waals surface area contributed by atoms with Crippen LogP contribution in [0.3, 0.4) is 0 Å². The third-order valence-corrected chi connectivity index (χ3v) is 3.79. The molecule has 19 heavy (non-hydrogen) atoms. The van der Waals surface area contributed by atoms with Crippen molar-refractivity contribution in [3.05, 3.63) is 5.01 Å². The zero-order valence-electron chi connectivity index (χ0n) is 11.2. The highest BCUT2D eigenvalue weighted by atomic mass is 32.1. The van der Waals surface area contributed by atoms with Crippen molar-refractivity contribution in [2.24, 2.45) is 0 Å². The summed E-state index contributed by atoms with van der Waals surface area (Å²) in [6.07, 6.45) is 0. The third-order valence-electron chi connectivity index (χ3n) is 2.92. The molecule has 0 aliphatic carbocycles. The average Bonchev–Trinajstić information content (AvgIpc) is 2.86. The maximum absolute atomic E-state index is 11.8. The van der Waals surface area contributed by atoms with E-state index in [2.05, 4.69) is 25.7 Å². The van der Waals surface area contributed by atoms with E-state index >= 15 is 0 Å². The van der Waals surface area contributed by atoms with Crippen molar-refractivity contribution < 1.29 is 9.53 Å². The maximum atomic E-state index is 11.8. The van der Waals surface area contributed by atoms with Crippen LogP contribution in [0.1, 0.15) is 11.9 Å². The van der Waals surface area contributed by atoms with Gasteiger partial charge in [-0.1, -0.05) is 11.3 Å². The van der Waals surface area contributed by atoms with Crippen LogP contribution in [0.15, 0.2) is 0 Å². The van der Waals surface area contributed by atoms with Gasteiger partial charge in [0.25, 0.3) is 0 Å². The van der Waals surface area contributed by atoms with Crippen LogP contribution < -0.4 is 10.6 Å². The molecule has 0 radical (unpaired) electrons. The van der Waals surface area contributed by atoms with Crippen LogP contribution in [0.4, 0.5) is 5.13 Å². The van der Waals surface area contributed by atoms with E-state index in [4.69, 9.17) is 4.74 Å². The largest absolute Gasteiger partial charge is 0.378 e. The summed E-state index contributed by atoms with van der Waals surface area (Å²) in [5.74, 6) is -0.0175. The highest BCUT2D eigenvalue weighted by Crippen LogP contribution is 2.19. The highest BCUT2D eigenvalue weighted by molar-refractivity contribution is 7.15. The first-order valence-electron chi connectivity index (χ1n) is 6.34. The molecule has 1 fully saturated rings. The number of rotatable bonds is 5. The summed E-state index contributed by atoms with van der Waals surface area (Å²) in [7, 11) is 1.64. The topological polar surface area (TPSA) is 79.4 Å². The summed E-state index contributed by atoms with van der Waals surface area (Å²) in [4.78, 5) is 13.9. The fourth-order valence-corrected chi connectivity index (χ4v) is 2.78. The van der Waals surface area contributed by atoms with Gasteiger partial charge in [0.05, 0.1) is 19.8 Å². The number of carbonyl (C=O) groups excluding carboxylic acids is 1. The van der Waals surface area contributed by atoms with Crippen LogP contribution in [-0.4, -0.2) is 60.4 Å². The van der Waals surface area contributed by atoms with Gasteiger partial charge in [-0.3, -0.25) is 9.69 Å². The highest BCUT2D eigenvalue weighted by Gasteiger charge is 2.29. The molecule has 1 unspecified atom stereocenters. The molecule has 106 valence electrons. The molecule has 1 saturated heterocycles. The Morgan fingerprint density at radius 1 is 1.58 bits per heavy atom. The molecule has 1 aromatic rings. The molecule has 1 aliphatic heterocycles. The Bertz CT molecular complexity index is 425. The van der Waals surface area contributed by atoms with E-state index < -0.39 is 0 Å². The number of amides is 1. The normalized spacial score (nSPS) is 20.2. The predicted molar refractivity (Wildman–Crippen MR) is 73.2 cm³/mol. The number of ether oxygens (including phenoxy) is 1. The molecule has 0 spiro atoms. The number of carbonyl (C=O) groups is 1. The van der Waals surface area contributed by atoms with E-state index in [1.165, 1.54) is 11.3 Å². The second-order valence-corrected chi connectivity index (χ2v) is 5.27. The maximum Gasteiger partial charge on any atom is 0.239 e. The van der Waals surface area contributed by atoms with Crippen molar-refractivity contribution >= 4 is 22.4 Å². The van der Waals surface area contributed by atoms with Gasteiger partial charge in [-0.05, 0) is 6.92 Å². The SMILES string of the molecule is CCNc1nnc(CN2CCOCC2C(=O)NC)s1. The fraction of sp³-hybridized carbons (Fsp3) is 0.727. The summed E-state index contributed by atoms with van der Waals surface area (Å²) >= 11 is 1.52. The summed E-state index contributed by atoms with van der Waals surface area (Å²) < 4.78 is 5.37. The van der Waals surface area contributed by atoms with Crippen molar-refractivity contribution in [2.45, 2.75) is 19.5 Å². The lowest BCUT2D eigenvalue weighted by Gasteiger charge is -2.33. The zero-order valence-corrected chi connectivity index (χ0v) is 12.0. The molecule has 0 bridgehead atoms. The van der Waals surface area contributed by atoms with Crippen molar-refractivity contribution in [3.8, 4) is 0 Å². The Morgan fingerprint density at radius 3 is 3.16 bits per heavy atom. The van der Waals surface area contributed by atoms with E-state index in [0.29, 0.717) is 19.8 Å². The van der Waals surface area contributed by atoms with Gasteiger partial charge in [0.1, 0.15) is 11.0 Å². The molecule has 2 N–H and O–H groups in total. The Morgan fingerprint density at radius 2 is 2.42 bits per heavy atom. The van der Waals surface area contributed by atoms with Crippen molar-refractivity contribution in [2.75, 3.05) is 38.7 Å². The number of aromatic nitrogens is 2. The first-order valence-corrected chi connectivity index (χ1v) is 7.16. The molecular formula is C11H19N5O2S. The fourth-order valence-electron chi connectivity index (χ4n) is 1.95. The summed E-state index contributed by atoms with van der Waals surface area (Å²) in [6, 6.07) is -0.245. The monoisotopic (exact) mass is 285 g/mol. The summed E-state index contributed by atoms with van der Waals surface area (Å²) in [5.41, 5.74) is 0. The molecule has 0 aromatic carbocycles. The van der Waals surface area contributed by atoms with Gasteiger partial charge in [-0.15, -0.1) is 10.2 Å². The number of nitrogens with zero attached hydrogens (tertiary/aromatic N) is 3. The van der Waals surface area contributed by atoms with E-state index in [1.807, 2.05) is 6.92 Å². The van der Waals surface area contributed by atoms with Crippen LogP contribution in [0.25, 0.3) is 0 Å². The predicted octanol–water partition coefficient (Wildman–Crippen LogP) is -0.0833. The second-order valence-electron chi connectivity index (χ2n) is 4.21. The number of likely N-dealkylation sites (N-methyl/N-ethyl adjacent to an activating group) is 1. The molecule has 1 amide bonds. The molecule has 1 aromatic heterocycles. The molecule has 7 nitrogen and oxygen atoms in total. The van der Waals surface area contributed by atoms with Gasteiger partial charge in [0.15, 0.2) is 0 Å². The number of hydrogen-bond acceptors (Lipinski definition) is 7. The van der Waals surface area contributed by atoms with Gasteiger partial charge >= 0.3 is 0 Å². The quantitative estimate of drug-likeness (QED) is 0.787. The first kappa shape index (κ1) is 14.2. The lowest BCUT2D eigenvalue weighted by molar-refractivity contribution is -0.132. The van der Waals surface area contributed by atoms with Gasteiger partial charge in [0, 0.05) is 20.1 Å². The van der Waals surface area contributed by atoms with E-state index in [9.17, 15) is 4.79 Å². The molecule has 0 saturated carbocycles. The second kappa shape index (κ2) is 6.78. The molecule has 2 rings (SSSR count). The van der Waals surface area contributed by atoms with E-state index in [-0.39, 0.29) is 11.9 Å². The Hall–Kier alpha value is -1.25. The Labute approximate surface area is 116 Å². The minimum Gasteiger partial charge on any atom is -0.378 e. The average molecular weight is 285 g/mol. The van der Waals surface area contributed by atoms with E-state index in [0.717, 1.165) is 23.2 Å². The van der Waals surface area contributed by atoms with E-state index in [1.54, 1.807) is 7.05 Å². The lowest BCUT2D eigenvalue weighted by atomic mass is 10.2. The van der Waals surface area contributed by atoms with Crippen LogP contribution >= 0.6 is 11.3 Å². The minimum absolute atomic E-state index is 0.0175. The standard InChI is InChI=1S/C11H19N5O2S/c1-3-13-11-15-14-9(19-11)6-16-4-5-18-7-8(16)10(17)12-2/h8H,3-7H2,1-2H3,(H,12,17)(H,13,15). The molecule has 8 heteroatoms. The van der Waals surface area contributed by atoms with Crippen molar-refractivity contribution in [1.29, 1.82) is 0 Å². The van der Waals surface area contributed by atoms with Gasteiger partial charge < -0.3 is 15.4 Å². The Kier molecular flexibility index (Phi) is 5.06. The van der Waals surface area contributed by atoms with Crippen LogP contribution in [0.5, 0.6) is 0 Å². The summed E-state index contributed by atoms with van der Waals surface area (Å²) in [5, 5.41) is 15.7. The number of anilines is 1. The van der Waals surface area contributed by atoms with Gasteiger partial charge in [-0.25, -0.2) is 0 Å². The molecule has 2 heterocycles. The number of hydrogen-bond donors (Lipinski definition) is 2. The van der Waals surface area contributed by atoms with Crippen molar-refractivity contribution in [1.82, 2.24) is 20.4 Å². The minimum atomic E-state index is -0.245. The van der Waals surface area contributed by atoms with Crippen LogP contribution in [-0.2, 0) is 16.1 Å². The smallest absolute Gasteiger partial charge is 0.239 e. The van der Waals surface area contributed by atoms with Gasteiger partial charge in [-0.2, -0.15) is 0 Å². The molecule has 1 atom stereocenters. The van der Waals surface area contributed by atoms with Crippen molar-refractivity contribution in [3.63, 3.8) is 0 Å². The number of morpholine rings is 1. The van der Waals surface area contributed by atoms with Crippen LogP contribution in [0, 0.1) is 0 Å². The summed E-state index contributed by atoms with van der Waals surface area (Å²) in [6.45, 7) is 5.28.